The lowest BCUT2D eigenvalue weighted by Gasteiger charge is -2.21. The van der Waals surface area contributed by atoms with Crippen LogP contribution in [0.2, 0.25) is 0 Å². The van der Waals surface area contributed by atoms with Gasteiger partial charge >= 0.3 is 0 Å². The fraction of sp³-hybridized carbons (Fsp3) is 0.385. The van der Waals surface area contributed by atoms with Gasteiger partial charge in [-0.15, -0.1) is 0 Å². The fourth-order valence-electron chi connectivity index (χ4n) is 2.32. The second-order valence-corrected chi connectivity index (χ2v) is 7.26. The van der Waals surface area contributed by atoms with Crippen molar-refractivity contribution in [3.63, 3.8) is 0 Å². The third kappa shape index (κ3) is 3.33. The molecule has 114 valence electrons. The van der Waals surface area contributed by atoms with Gasteiger partial charge < -0.3 is 15.8 Å². The van der Waals surface area contributed by atoms with E-state index in [1.54, 1.807) is 31.3 Å². The second-order valence-electron chi connectivity index (χ2n) is 5.03. The van der Waals surface area contributed by atoms with Gasteiger partial charge in [-0.05, 0) is 18.6 Å². The number of hydrogen-bond acceptors (Lipinski definition) is 5. The van der Waals surface area contributed by atoms with Crippen LogP contribution in [0.5, 0.6) is 0 Å². The zero-order valence-corrected chi connectivity index (χ0v) is 12.4. The number of rotatable bonds is 3. The van der Waals surface area contributed by atoms with Crippen molar-refractivity contribution >= 4 is 27.3 Å². The summed E-state index contributed by atoms with van der Waals surface area (Å²) in [6, 6.07) is 6.64. The summed E-state index contributed by atoms with van der Waals surface area (Å²) in [6.45, 7) is 0. The molecular formula is C13H17N3O4S. The molecule has 1 fully saturated rings. The minimum absolute atomic E-state index is 0.0545. The first-order valence-electron chi connectivity index (χ1n) is 6.40. The van der Waals surface area contributed by atoms with E-state index >= 15 is 0 Å². The zero-order chi connectivity index (χ0) is 15.6. The van der Waals surface area contributed by atoms with Gasteiger partial charge in [0, 0.05) is 18.3 Å². The van der Waals surface area contributed by atoms with Crippen LogP contribution in [0.4, 0.5) is 5.69 Å². The standard InChI is InChI=1S/C13H17N3O4S/c1-16(13(17)10-5-6-21(19,20)8-10)11-4-2-3-9(7-11)12(14)15-18/h2-4,7,10,18H,5-6,8H2,1H3,(H2,14,15). The van der Waals surface area contributed by atoms with E-state index in [1.165, 1.54) is 4.90 Å². The highest BCUT2D eigenvalue weighted by molar-refractivity contribution is 7.91. The molecule has 1 saturated heterocycles. The van der Waals surface area contributed by atoms with E-state index in [0.717, 1.165) is 0 Å². The molecule has 2 rings (SSSR count). The lowest BCUT2D eigenvalue weighted by molar-refractivity contribution is -0.121. The van der Waals surface area contributed by atoms with E-state index in [2.05, 4.69) is 5.16 Å². The lowest BCUT2D eigenvalue weighted by Crippen LogP contribution is -2.33. The molecule has 7 nitrogen and oxygen atoms in total. The molecule has 0 aromatic heterocycles. The quantitative estimate of drug-likeness (QED) is 0.358. The van der Waals surface area contributed by atoms with Crippen molar-refractivity contribution in [2.45, 2.75) is 6.42 Å². The van der Waals surface area contributed by atoms with Crippen LogP contribution in [0.3, 0.4) is 0 Å². The minimum atomic E-state index is -3.10. The minimum Gasteiger partial charge on any atom is -0.409 e. The molecule has 1 amide bonds. The average molecular weight is 311 g/mol. The Morgan fingerprint density at radius 3 is 2.76 bits per heavy atom. The van der Waals surface area contributed by atoms with Crippen LogP contribution in [0, 0.1) is 5.92 Å². The molecule has 1 aromatic carbocycles. The maximum Gasteiger partial charge on any atom is 0.230 e. The normalized spacial score (nSPS) is 21.2. The SMILES string of the molecule is CN(C(=O)C1CCS(=O)(=O)C1)c1cccc(C(N)=NO)c1. The Bertz CT molecular complexity index is 684. The molecule has 0 bridgehead atoms. The summed E-state index contributed by atoms with van der Waals surface area (Å²) < 4.78 is 22.9. The van der Waals surface area contributed by atoms with Gasteiger partial charge in [0.15, 0.2) is 15.7 Å². The second kappa shape index (κ2) is 5.72. The van der Waals surface area contributed by atoms with Crippen LogP contribution in [-0.2, 0) is 14.6 Å². The molecule has 1 unspecified atom stereocenters. The average Bonchev–Trinajstić information content (AvgIpc) is 2.85. The van der Waals surface area contributed by atoms with Gasteiger partial charge in [0.1, 0.15) is 0 Å². The van der Waals surface area contributed by atoms with Crippen molar-refractivity contribution in [3.8, 4) is 0 Å². The zero-order valence-electron chi connectivity index (χ0n) is 11.6. The Balaban J connectivity index is 2.20. The third-order valence-electron chi connectivity index (χ3n) is 3.55. The summed E-state index contributed by atoms with van der Waals surface area (Å²) in [5.41, 5.74) is 6.56. The predicted molar refractivity (Wildman–Crippen MR) is 79.1 cm³/mol. The number of oxime groups is 1. The maximum absolute atomic E-state index is 12.3. The van der Waals surface area contributed by atoms with Crippen LogP contribution in [0.1, 0.15) is 12.0 Å². The maximum atomic E-state index is 12.3. The molecule has 3 N–H and O–H groups in total. The van der Waals surface area contributed by atoms with E-state index in [1.807, 2.05) is 0 Å². The molecule has 0 saturated carbocycles. The molecule has 1 aliphatic heterocycles. The monoisotopic (exact) mass is 311 g/mol. The molecule has 1 aliphatic rings. The molecular weight excluding hydrogens is 294 g/mol. The Kier molecular flexibility index (Phi) is 4.17. The molecule has 8 heteroatoms. The van der Waals surface area contributed by atoms with Crippen molar-refractivity contribution in [1.29, 1.82) is 0 Å². The van der Waals surface area contributed by atoms with E-state index in [9.17, 15) is 13.2 Å². The van der Waals surface area contributed by atoms with Gasteiger partial charge in [-0.25, -0.2) is 8.42 Å². The number of carbonyl (C=O) groups is 1. The first-order valence-corrected chi connectivity index (χ1v) is 8.22. The number of sulfone groups is 1. The number of benzene rings is 1. The van der Waals surface area contributed by atoms with Crippen molar-refractivity contribution < 1.29 is 18.4 Å². The van der Waals surface area contributed by atoms with Crippen molar-refractivity contribution in [1.82, 2.24) is 0 Å². The Morgan fingerprint density at radius 2 is 2.19 bits per heavy atom. The fourth-order valence-corrected chi connectivity index (χ4v) is 4.06. The molecule has 0 spiro atoms. The number of carbonyl (C=O) groups excluding carboxylic acids is 1. The number of nitrogens with zero attached hydrogens (tertiary/aromatic N) is 2. The van der Waals surface area contributed by atoms with Gasteiger partial charge in [-0.3, -0.25) is 4.79 Å². The summed E-state index contributed by atoms with van der Waals surface area (Å²) in [6.07, 6.45) is 0.353. The molecule has 1 atom stereocenters. The first kappa shape index (κ1) is 15.3. The number of anilines is 1. The van der Waals surface area contributed by atoms with E-state index in [4.69, 9.17) is 10.9 Å². The summed E-state index contributed by atoms with van der Waals surface area (Å²) in [7, 11) is -1.52. The van der Waals surface area contributed by atoms with Gasteiger partial charge in [0.05, 0.1) is 17.4 Å². The Morgan fingerprint density at radius 1 is 1.48 bits per heavy atom. The van der Waals surface area contributed by atoms with Crippen molar-refractivity contribution in [2.75, 3.05) is 23.5 Å². The molecule has 0 radical (unpaired) electrons. The summed E-state index contributed by atoms with van der Waals surface area (Å²) in [4.78, 5) is 13.7. The predicted octanol–water partition coefficient (Wildman–Crippen LogP) is 0.179. The smallest absolute Gasteiger partial charge is 0.230 e. The van der Waals surface area contributed by atoms with Gasteiger partial charge in [-0.1, -0.05) is 17.3 Å². The van der Waals surface area contributed by atoms with E-state index in [-0.39, 0.29) is 23.2 Å². The first-order chi connectivity index (χ1) is 9.84. The Labute approximate surface area is 123 Å². The number of hydrogen-bond donors (Lipinski definition) is 2. The van der Waals surface area contributed by atoms with Crippen LogP contribution in [-0.4, -0.2) is 43.9 Å². The lowest BCUT2D eigenvalue weighted by atomic mass is 10.1. The third-order valence-corrected chi connectivity index (χ3v) is 5.32. The Hall–Kier alpha value is -2.09. The van der Waals surface area contributed by atoms with Gasteiger partial charge in [0.25, 0.3) is 0 Å². The van der Waals surface area contributed by atoms with Crippen LogP contribution >= 0.6 is 0 Å². The molecule has 0 aliphatic carbocycles. The van der Waals surface area contributed by atoms with E-state index in [0.29, 0.717) is 17.7 Å². The van der Waals surface area contributed by atoms with Gasteiger partial charge in [0.2, 0.25) is 5.91 Å². The molecule has 1 heterocycles. The molecule has 21 heavy (non-hydrogen) atoms. The topological polar surface area (TPSA) is 113 Å². The highest BCUT2D eigenvalue weighted by Crippen LogP contribution is 2.23. The number of amides is 1. The highest BCUT2D eigenvalue weighted by Gasteiger charge is 2.34. The summed E-state index contributed by atoms with van der Waals surface area (Å²) in [5.74, 6) is -0.848. The van der Waals surface area contributed by atoms with Crippen molar-refractivity contribution in [3.05, 3.63) is 29.8 Å². The number of amidine groups is 1. The van der Waals surface area contributed by atoms with E-state index < -0.39 is 15.8 Å². The van der Waals surface area contributed by atoms with Crippen LogP contribution in [0.25, 0.3) is 0 Å². The summed E-state index contributed by atoms with van der Waals surface area (Å²) >= 11 is 0. The van der Waals surface area contributed by atoms with Crippen molar-refractivity contribution in [2.24, 2.45) is 16.8 Å². The largest absolute Gasteiger partial charge is 0.409 e. The highest BCUT2D eigenvalue weighted by atomic mass is 32.2. The van der Waals surface area contributed by atoms with Gasteiger partial charge in [-0.2, -0.15) is 0 Å². The summed E-state index contributed by atoms with van der Waals surface area (Å²) in [5, 5.41) is 11.6. The molecule has 1 aromatic rings. The number of nitrogens with two attached hydrogens (primary N) is 1. The van der Waals surface area contributed by atoms with Crippen LogP contribution in [0.15, 0.2) is 29.4 Å². The van der Waals surface area contributed by atoms with Crippen LogP contribution < -0.4 is 10.6 Å².